The lowest BCUT2D eigenvalue weighted by Crippen LogP contribution is -2.47. The highest BCUT2D eigenvalue weighted by Crippen LogP contribution is 2.22. The van der Waals surface area contributed by atoms with Crippen LogP contribution in [0.3, 0.4) is 0 Å². The molecule has 2 heterocycles. The zero-order chi connectivity index (χ0) is 17.9. The first-order valence-corrected chi connectivity index (χ1v) is 8.27. The van der Waals surface area contributed by atoms with Gasteiger partial charge in [-0.25, -0.2) is 4.79 Å². The molecule has 0 spiro atoms. The number of aromatic nitrogens is 2. The number of nitrogens with zero attached hydrogens (tertiary/aromatic N) is 4. The Morgan fingerprint density at radius 2 is 2.12 bits per heavy atom. The van der Waals surface area contributed by atoms with Gasteiger partial charge in [-0.1, -0.05) is 12.1 Å². The summed E-state index contributed by atoms with van der Waals surface area (Å²) >= 11 is 0. The molecule has 0 N–H and O–H groups in total. The van der Waals surface area contributed by atoms with Gasteiger partial charge in [0.15, 0.2) is 5.82 Å². The van der Waals surface area contributed by atoms with Crippen LogP contribution < -0.4 is 0 Å². The van der Waals surface area contributed by atoms with E-state index in [2.05, 4.69) is 10.1 Å². The molecule has 2 rings (SSSR count). The molecule has 8 heteroatoms. The van der Waals surface area contributed by atoms with E-state index in [0.29, 0.717) is 31.1 Å². The zero-order valence-electron chi connectivity index (χ0n) is 15.0. The molecule has 1 unspecified atom stereocenters. The van der Waals surface area contributed by atoms with Crippen molar-refractivity contribution in [3.8, 4) is 0 Å². The SMILES string of the molecule is CCc1noc(CN(C)C(=O)C2CCCN2C(=O)OC(C)(C)C)n1. The number of amides is 2. The molecule has 1 aliphatic rings. The first-order chi connectivity index (χ1) is 11.2. The molecule has 0 aromatic carbocycles. The molecule has 0 aliphatic carbocycles. The third-order valence-corrected chi connectivity index (χ3v) is 3.74. The average molecular weight is 338 g/mol. The second-order valence-electron chi connectivity index (χ2n) is 6.98. The summed E-state index contributed by atoms with van der Waals surface area (Å²) in [5.74, 6) is 0.862. The van der Waals surface area contributed by atoms with Crippen LogP contribution in [0.5, 0.6) is 0 Å². The third kappa shape index (κ3) is 4.46. The van der Waals surface area contributed by atoms with Gasteiger partial charge in [0.25, 0.3) is 0 Å². The maximum atomic E-state index is 12.7. The molecule has 2 amide bonds. The number of likely N-dealkylation sites (N-methyl/N-ethyl adjacent to an activating group) is 1. The van der Waals surface area contributed by atoms with E-state index in [4.69, 9.17) is 9.26 Å². The highest BCUT2D eigenvalue weighted by molar-refractivity contribution is 5.86. The predicted octanol–water partition coefficient (Wildman–Crippen LogP) is 1.99. The molecule has 1 atom stereocenters. The molecule has 8 nitrogen and oxygen atoms in total. The molecule has 134 valence electrons. The minimum Gasteiger partial charge on any atom is -0.444 e. The minimum absolute atomic E-state index is 0.144. The smallest absolute Gasteiger partial charge is 0.410 e. The van der Waals surface area contributed by atoms with Crippen molar-refractivity contribution in [2.24, 2.45) is 0 Å². The van der Waals surface area contributed by atoms with Gasteiger partial charge in [-0.15, -0.1) is 0 Å². The fraction of sp³-hybridized carbons (Fsp3) is 0.750. The topological polar surface area (TPSA) is 88.8 Å². The summed E-state index contributed by atoms with van der Waals surface area (Å²) < 4.78 is 10.5. The van der Waals surface area contributed by atoms with Gasteiger partial charge in [0, 0.05) is 20.0 Å². The Kier molecular flexibility index (Phi) is 5.46. The van der Waals surface area contributed by atoms with Crippen molar-refractivity contribution in [1.29, 1.82) is 0 Å². The van der Waals surface area contributed by atoms with Gasteiger partial charge >= 0.3 is 6.09 Å². The minimum atomic E-state index is -0.584. The number of carbonyl (C=O) groups excluding carboxylic acids is 2. The summed E-state index contributed by atoms with van der Waals surface area (Å²) in [6.45, 7) is 8.12. The Bertz CT molecular complexity index is 593. The van der Waals surface area contributed by atoms with Gasteiger partial charge in [0.2, 0.25) is 11.8 Å². The molecule has 1 saturated heterocycles. The van der Waals surface area contributed by atoms with Crippen LogP contribution in [0.2, 0.25) is 0 Å². The Morgan fingerprint density at radius 1 is 1.42 bits per heavy atom. The molecule has 1 aromatic heterocycles. The maximum absolute atomic E-state index is 12.7. The highest BCUT2D eigenvalue weighted by atomic mass is 16.6. The van der Waals surface area contributed by atoms with Crippen molar-refractivity contribution in [2.45, 2.75) is 65.1 Å². The van der Waals surface area contributed by atoms with Crippen LogP contribution in [0, 0.1) is 0 Å². The summed E-state index contributed by atoms with van der Waals surface area (Å²) in [6, 6.07) is -0.501. The van der Waals surface area contributed by atoms with E-state index in [1.54, 1.807) is 7.05 Å². The number of hydrogen-bond acceptors (Lipinski definition) is 6. The number of rotatable bonds is 4. The van der Waals surface area contributed by atoms with E-state index >= 15 is 0 Å². The monoisotopic (exact) mass is 338 g/mol. The summed E-state index contributed by atoms with van der Waals surface area (Å²) in [5, 5.41) is 3.82. The number of likely N-dealkylation sites (tertiary alicyclic amines) is 1. The van der Waals surface area contributed by atoms with Crippen molar-refractivity contribution in [1.82, 2.24) is 19.9 Å². The second kappa shape index (κ2) is 7.19. The Labute approximate surface area is 142 Å². The fourth-order valence-corrected chi connectivity index (χ4v) is 2.60. The van der Waals surface area contributed by atoms with E-state index in [1.807, 2.05) is 27.7 Å². The summed E-state index contributed by atoms with van der Waals surface area (Å²) in [6.07, 6.45) is 1.64. The lowest BCUT2D eigenvalue weighted by atomic mass is 10.2. The summed E-state index contributed by atoms with van der Waals surface area (Å²) in [7, 11) is 1.67. The molecular formula is C16H26N4O4. The normalized spacial score (nSPS) is 17.9. The molecular weight excluding hydrogens is 312 g/mol. The van der Waals surface area contributed by atoms with Crippen molar-refractivity contribution in [3.63, 3.8) is 0 Å². The van der Waals surface area contributed by atoms with E-state index in [0.717, 1.165) is 6.42 Å². The van der Waals surface area contributed by atoms with Gasteiger partial charge < -0.3 is 14.2 Å². The van der Waals surface area contributed by atoms with Crippen molar-refractivity contribution < 1.29 is 18.8 Å². The summed E-state index contributed by atoms with van der Waals surface area (Å²) in [5.41, 5.74) is -0.584. The third-order valence-electron chi connectivity index (χ3n) is 3.74. The summed E-state index contributed by atoms with van der Waals surface area (Å²) in [4.78, 5) is 32.2. The van der Waals surface area contributed by atoms with Gasteiger partial charge in [-0.05, 0) is 33.6 Å². The van der Waals surface area contributed by atoms with Gasteiger partial charge in [0.1, 0.15) is 11.6 Å². The molecule has 0 saturated carbocycles. The standard InChI is InChI=1S/C16H26N4O4/c1-6-12-17-13(24-18-12)10-19(5)14(21)11-8-7-9-20(11)15(22)23-16(2,3)4/h11H,6-10H2,1-5H3. The molecule has 0 bridgehead atoms. The van der Waals surface area contributed by atoms with E-state index in [1.165, 1.54) is 9.80 Å². The number of aryl methyl sites for hydroxylation is 1. The van der Waals surface area contributed by atoms with E-state index in [9.17, 15) is 9.59 Å². The predicted molar refractivity (Wildman–Crippen MR) is 86.1 cm³/mol. The Morgan fingerprint density at radius 3 is 2.71 bits per heavy atom. The van der Waals surface area contributed by atoms with Gasteiger partial charge in [-0.3, -0.25) is 9.69 Å². The number of carbonyl (C=O) groups is 2. The molecule has 1 fully saturated rings. The van der Waals surface area contributed by atoms with Crippen molar-refractivity contribution in [3.05, 3.63) is 11.7 Å². The first-order valence-electron chi connectivity index (χ1n) is 8.27. The van der Waals surface area contributed by atoms with Crippen LogP contribution in [0.25, 0.3) is 0 Å². The molecule has 24 heavy (non-hydrogen) atoms. The molecule has 1 aliphatic heterocycles. The quantitative estimate of drug-likeness (QED) is 0.834. The molecule has 0 radical (unpaired) electrons. The second-order valence-corrected chi connectivity index (χ2v) is 6.98. The van der Waals surface area contributed by atoms with Gasteiger partial charge in [0.05, 0.1) is 6.54 Å². The Hall–Kier alpha value is -2.12. The maximum Gasteiger partial charge on any atom is 0.410 e. The van der Waals surface area contributed by atoms with Crippen LogP contribution in [0.15, 0.2) is 4.52 Å². The van der Waals surface area contributed by atoms with E-state index < -0.39 is 17.7 Å². The largest absolute Gasteiger partial charge is 0.444 e. The zero-order valence-corrected chi connectivity index (χ0v) is 15.0. The van der Waals surface area contributed by atoms with Crippen LogP contribution in [-0.4, -0.2) is 57.2 Å². The van der Waals surface area contributed by atoms with Crippen molar-refractivity contribution >= 4 is 12.0 Å². The van der Waals surface area contributed by atoms with Crippen LogP contribution in [0.1, 0.15) is 52.3 Å². The lowest BCUT2D eigenvalue weighted by molar-refractivity contribution is -0.135. The lowest BCUT2D eigenvalue weighted by Gasteiger charge is -2.29. The first kappa shape index (κ1) is 18.2. The number of ether oxygens (including phenoxy) is 1. The fourth-order valence-electron chi connectivity index (χ4n) is 2.60. The average Bonchev–Trinajstić information content (AvgIpc) is 3.13. The van der Waals surface area contributed by atoms with Crippen LogP contribution in [-0.2, 0) is 22.5 Å². The highest BCUT2D eigenvalue weighted by Gasteiger charge is 2.38. The van der Waals surface area contributed by atoms with Crippen LogP contribution >= 0.6 is 0 Å². The van der Waals surface area contributed by atoms with Crippen LogP contribution in [0.4, 0.5) is 4.79 Å². The molecule has 1 aromatic rings. The Balaban J connectivity index is 2.00. The number of hydrogen-bond donors (Lipinski definition) is 0. The van der Waals surface area contributed by atoms with Crippen molar-refractivity contribution in [2.75, 3.05) is 13.6 Å². The van der Waals surface area contributed by atoms with Gasteiger partial charge in [-0.2, -0.15) is 4.98 Å². The van der Waals surface area contributed by atoms with E-state index in [-0.39, 0.29) is 12.5 Å².